The van der Waals surface area contributed by atoms with E-state index in [2.05, 4.69) is 20.8 Å². The van der Waals surface area contributed by atoms with Gasteiger partial charge in [-0.2, -0.15) is 0 Å². The van der Waals surface area contributed by atoms with Crippen LogP contribution in [0.15, 0.2) is 0 Å². The molecule has 0 aromatic heterocycles. The topological polar surface area (TPSA) is 52.6 Å². The van der Waals surface area contributed by atoms with Gasteiger partial charge in [-0.25, -0.2) is 0 Å². The van der Waals surface area contributed by atoms with Gasteiger partial charge >= 0.3 is 11.9 Å². The second-order valence-electron chi connectivity index (χ2n) is 8.17. The zero-order valence-corrected chi connectivity index (χ0v) is 18.4. The monoisotopic (exact) mass is 384 g/mol. The minimum absolute atomic E-state index is 0.0810. The number of rotatable bonds is 18. The Labute approximate surface area is 167 Å². The lowest BCUT2D eigenvalue weighted by Gasteiger charge is -2.14. The van der Waals surface area contributed by atoms with Gasteiger partial charge in [0.25, 0.3) is 0 Å². The van der Waals surface area contributed by atoms with Crippen LogP contribution in [0, 0.1) is 5.92 Å². The molecule has 0 heterocycles. The van der Waals surface area contributed by atoms with Crippen LogP contribution in [0.2, 0.25) is 0 Å². The number of carbonyl (C=O) groups excluding carboxylic acids is 2. The summed E-state index contributed by atoms with van der Waals surface area (Å²) in [5.41, 5.74) is 0. The highest BCUT2D eigenvalue weighted by Gasteiger charge is 2.13. The average Bonchev–Trinajstić information content (AvgIpc) is 2.62. The molecule has 0 aliphatic carbocycles. The maximum Gasteiger partial charge on any atom is 0.306 e. The second kappa shape index (κ2) is 18.3. The van der Waals surface area contributed by atoms with Crippen LogP contribution in [0.5, 0.6) is 0 Å². The maximum absolute atomic E-state index is 11.7. The summed E-state index contributed by atoms with van der Waals surface area (Å²) in [6.07, 6.45) is 14.6. The van der Waals surface area contributed by atoms with E-state index in [-0.39, 0.29) is 30.9 Å². The number of ether oxygens (including phenoxy) is 2. The van der Waals surface area contributed by atoms with Crippen LogP contribution >= 0.6 is 0 Å². The molecule has 27 heavy (non-hydrogen) atoms. The lowest BCUT2D eigenvalue weighted by atomic mass is 10.1. The van der Waals surface area contributed by atoms with E-state index in [4.69, 9.17) is 9.47 Å². The quantitative estimate of drug-likeness (QED) is 0.197. The summed E-state index contributed by atoms with van der Waals surface area (Å²) in [5.74, 6) is 0.00627. The van der Waals surface area contributed by atoms with E-state index in [1.165, 1.54) is 51.4 Å². The standard InChI is InChI=1S/C23H44O4/c1-5-6-7-8-9-10-11-12-13-14-19-26-22(24)17-18-23(25)27-21(4)16-15-20(2)3/h20-21H,5-19H2,1-4H3. The van der Waals surface area contributed by atoms with E-state index in [1.54, 1.807) is 0 Å². The van der Waals surface area contributed by atoms with Gasteiger partial charge in [-0.05, 0) is 32.1 Å². The van der Waals surface area contributed by atoms with Gasteiger partial charge in [0.1, 0.15) is 0 Å². The van der Waals surface area contributed by atoms with Crippen LogP contribution in [0.3, 0.4) is 0 Å². The van der Waals surface area contributed by atoms with Crippen molar-refractivity contribution in [1.82, 2.24) is 0 Å². The zero-order valence-electron chi connectivity index (χ0n) is 18.4. The minimum atomic E-state index is -0.304. The second-order valence-corrected chi connectivity index (χ2v) is 8.17. The highest BCUT2D eigenvalue weighted by Crippen LogP contribution is 2.12. The van der Waals surface area contributed by atoms with Gasteiger partial charge in [-0.15, -0.1) is 0 Å². The fourth-order valence-corrected chi connectivity index (χ4v) is 2.96. The molecule has 0 aromatic carbocycles. The van der Waals surface area contributed by atoms with E-state index in [9.17, 15) is 9.59 Å². The SMILES string of the molecule is CCCCCCCCCCCCOC(=O)CCC(=O)OC(C)CCC(C)C. The zero-order chi connectivity index (χ0) is 20.3. The molecule has 0 aliphatic heterocycles. The molecule has 0 fully saturated rings. The molecule has 0 amide bonds. The predicted molar refractivity (Wildman–Crippen MR) is 112 cm³/mol. The molecule has 1 atom stereocenters. The Morgan fingerprint density at radius 3 is 1.78 bits per heavy atom. The van der Waals surface area contributed by atoms with Gasteiger partial charge in [0.2, 0.25) is 0 Å². The fraction of sp³-hybridized carbons (Fsp3) is 0.913. The average molecular weight is 385 g/mol. The van der Waals surface area contributed by atoms with Crippen LogP contribution in [0.4, 0.5) is 0 Å². The predicted octanol–water partition coefficient (Wildman–Crippen LogP) is 6.60. The highest BCUT2D eigenvalue weighted by atomic mass is 16.5. The summed E-state index contributed by atoms with van der Waals surface area (Å²) < 4.78 is 10.5. The Balaban J connectivity index is 3.44. The fourth-order valence-electron chi connectivity index (χ4n) is 2.96. The van der Waals surface area contributed by atoms with Gasteiger partial charge in [0, 0.05) is 0 Å². The first-order valence-corrected chi connectivity index (χ1v) is 11.3. The molecular weight excluding hydrogens is 340 g/mol. The summed E-state index contributed by atoms with van der Waals surface area (Å²) >= 11 is 0. The summed E-state index contributed by atoms with van der Waals surface area (Å²) in [4.78, 5) is 23.4. The van der Waals surface area contributed by atoms with Crippen LogP contribution in [-0.2, 0) is 19.1 Å². The van der Waals surface area contributed by atoms with Crippen molar-refractivity contribution in [3.8, 4) is 0 Å². The lowest BCUT2D eigenvalue weighted by molar-refractivity contribution is -0.153. The Morgan fingerprint density at radius 1 is 0.704 bits per heavy atom. The highest BCUT2D eigenvalue weighted by molar-refractivity contribution is 5.77. The Kier molecular flexibility index (Phi) is 17.6. The molecule has 0 N–H and O–H groups in total. The third kappa shape index (κ3) is 19.5. The number of hydrogen-bond donors (Lipinski definition) is 0. The molecule has 0 spiro atoms. The van der Waals surface area contributed by atoms with E-state index < -0.39 is 0 Å². The molecule has 4 nitrogen and oxygen atoms in total. The molecule has 0 rings (SSSR count). The Hall–Kier alpha value is -1.06. The normalized spacial score (nSPS) is 12.2. The van der Waals surface area contributed by atoms with Crippen molar-refractivity contribution in [2.24, 2.45) is 5.92 Å². The summed E-state index contributed by atoms with van der Waals surface area (Å²) in [7, 11) is 0. The number of carbonyl (C=O) groups is 2. The third-order valence-corrected chi connectivity index (χ3v) is 4.78. The molecule has 1 unspecified atom stereocenters. The minimum Gasteiger partial charge on any atom is -0.466 e. The van der Waals surface area contributed by atoms with E-state index >= 15 is 0 Å². The van der Waals surface area contributed by atoms with Crippen molar-refractivity contribution in [2.45, 2.75) is 124 Å². The summed E-state index contributed by atoms with van der Waals surface area (Å²) in [6, 6.07) is 0. The summed E-state index contributed by atoms with van der Waals surface area (Å²) in [6.45, 7) is 8.92. The van der Waals surface area contributed by atoms with Crippen LogP contribution in [0.1, 0.15) is 118 Å². The van der Waals surface area contributed by atoms with Crippen LogP contribution in [0.25, 0.3) is 0 Å². The first-order chi connectivity index (χ1) is 13.0. The van der Waals surface area contributed by atoms with Gasteiger partial charge in [0.05, 0.1) is 25.6 Å². The molecule has 0 radical (unpaired) electrons. The molecule has 0 saturated heterocycles. The molecule has 0 aliphatic rings. The molecule has 160 valence electrons. The lowest BCUT2D eigenvalue weighted by Crippen LogP contribution is -2.17. The third-order valence-electron chi connectivity index (χ3n) is 4.78. The maximum atomic E-state index is 11.7. The largest absolute Gasteiger partial charge is 0.466 e. The molecule has 4 heteroatoms. The molecular formula is C23H44O4. The van der Waals surface area contributed by atoms with Crippen molar-refractivity contribution >= 4 is 11.9 Å². The van der Waals surface area contributed by atoms with Crippen molar-refractivity contribution < 1.29 is 19.1 Å². The molecule has 0 aromatic rings. The van der Waals surface area contributed by atoms with E-state index in [0.717, 1.165) is 25.7 Å². The van der Waals surface area contributed by atoms with Gasteiger partial charge < -0.3 is 9.47 Å². The first kappa shape index (κ1) is 25.9. The number of hydrogen-bond acceptors (Lipinski definition) is 4. The van der Waals surface area contributed by atoms with Crippen molar-refractivity contribution in [1.29, 1.82) is 0 Å². The molecule has 0 saturated carbocycles. The van der Waals surface area contributed by atoms with Crippen molar-refractivity contribution in [2.75, 3.05) is 6.61 Å². The Morgan fingerprint density at radius 2 is 1.22 bits per heavy atom. The first-order valence-electron chi connectivity index (χ1n) is 11.3. The van der Waals surface area contributed by atoms with Gasteiger partial charge in [-0.1, -0.05) is 78.6 Å². The van der Waals surface area contributed by atoms with Crippen LogP contribution < -0.4 is 0 Å². The number of unbranched alkanes of at least 4 members (excludes halogenated alkanes) is 9. The van der Waals surface area contributed by atoms with E-state index in [1.807, 2.05) is 6.92 Å². The van der Waals surface area contributed by atoms with Gasteiger partial charge in [0.15, 0.2) is 0 Å². The van der Waals surface area contributed by atoms with Crippen molar-refractivity contribution in [3.05, 3.63) is 0 Å². The Bertz CT molecular complexity index is 365. The van der Waals surface area contributed by atoms with Gasteiger partial charge in [-0.3, -0.25) is 9.59 Å². The number of esters is 2. The van der Waals surface area contributed by atoms with E-state index in [0.29, 0.717) is 12.5 Å². The van der Waals surface area contributed by atoms with Crippen molar-refractivity contribution in [3.63, 3.8) is 0 Å². The summed E-state index contributed by atoms with van der Waals surface area (Å²) in [5, 5.41) is 0. The smallest absolute Gasteiger partial charge is 0.306 e. The van der Waals surface area contributed by atoms with Crippen LogP contribution in [-0.4, -0.2) is 24.6 Å². The molecule has 0 bridgehead atoms.